The van der Waals surface area contributed by atoms with Gasteiger partial charge in [0.1, 0.15) is 6.10 Å². The van der Waals surface area contributed by atoms with Crippen LogP contribution in [0.2, 0.25) is 0 Å². The predicted molar refractivity (Wildman–Crippen MR) is 45.7 cm³/mol. The quantitative estimate of drug-likeness (QED) is 0.370. The molecule has 2 unspecified atom stereocenters. The average Bonchev–Trinajstić information content (AvgIpc) is 2.85. The summed E-state index contributed by atoms with van der Waals surface area (Å²) >= 11 is 0. The molecule has 0 bridgehead atoms. The van der Waals surface area contributed by atoms with Crippen molar-refractivity contribution in [3.8, 4) is 0 Å². The summed E-state index contributed by atoms with van der Waals surface area (Å²) in [6.07, 6.45) is 3.09. The Labute approximate surface area is 73.0 Å². The van der Waals surface area contributed by atoms with E-state index in [9.17, 15) is 5.11 Å². The minimum atomic E-state index is -1.15. The van der Waals surface area contributed by atoms with Crippen LogP contribution in [0.1, 0.15) is 19.8 Å². The molecule has 1 N–H and O–H groups in total. The number of hydrogen-bond donors (Lipinski definition) is 1. The van der Waals surface area contributed by atoms with Crippen LogP contribution in [0.25, 0.3) is 0 Å². The minimum Gasteiger partial charge on any atom is -0.371 e. The summed E-state index contributed by atoms with van der Waals surface area (Å²) in [4.78, 5) is 0. The standard InChI is InChI=1S/C9H16O3/c1-3-5-9(10,4-2)12-7-8-6-11-8/h4,8,10H,2-3,5-7H2,1H3. The first-order chi connectivity index (χ1) is 5.70. The molecule has 1 rings (SSSR count). The maximum atomic E-state index is 9.70. The Morgan fingerprint density at radius 1 is 1.83 bits per heavy atom. The topological polar surface area (TPSA) is 42.0 Å². The largest absolute Gasteiger partial charge is 0.371 e. The summed E-state index contributed by atoms with van der Waals surface area (Å²) in [5, 5.41) is 9.70. The lowest BCUT2D eigenvalue weighted by Gasteiger charge is -2.23. The van der Waals surface area contributed by atoms with E-state index in [4.69, 9.17) is 9.47 Å². The number of hydrogen-bond acceptors (Lipinski definition) is 3. The third-order valence-corrected chi connectivity index (χ3v) is 1.85. The van der Waals surface area contributed by atoms with Crippen LogP contribution in [0.15, 0.2) is 12.7 Å². The van der Waals surface area contributed by atoms with Crippen LogP contribution >= 0.6 is 0 Å². The van der Waals surface area contributed by atoms with E-state index in [0.717, 1.165) is 13.0 Å². The van der Waals surface area contributed by atoms with Crippen molar-refractivity contribution in [2.75, 3.05) is 13.2 Å². The van der Waals surface area contributed by atoms with Crippen molar-refractivity contribution in [2.24, 2.45) is 0 Å². The Kier molecular flexibility index (Phi) is 3.26. The summed E-state index contributed by atoms with van der Waals surface area (Å²) in [6, 6.07) is 0. The second-order valence-electron chi connectivity index (χ2n) is 3.07. The Morgan fingerprint density at radius 3 is 2.92 bits per heavy atom. The fraction of sp³-hybridized carbons (Fsp3) is 0.778. The summed E-state index contributed by atoms with van der Waals surface area (Å²) in [7, 11) is 0. The van der Waals surface area contributed by atoms with Crippen LogP contribution < -0.4 is 0 Å². The third kappa shape index (κ3) is 2.93. The van der Waals surface area contributed by atoms with Crippen molar-refractivity contribution in [1.29, 1.82) is 0 Å². The smallest absolute Gasteiger partial charge is 0.185 e. The Hall–Kier alpha value is -0.380. The Bertz CT molecular complexity index is 154. The molecule has 0 radical (unpaired) electrons. The molecule has 0 spiro atoms. The van der Waals surface area contributed by atoms with E-state index >= 15 is 0 Å². The highest BCUT2D eigenvalue weighted by molar-refractivity contribution is 4.88. The molecule has 3 nitrogen and oxygen atoms in total. The first-order valence-corrected chi connectivity index (χ1v) is 4.31. The summed E-state index contributed by atoms with van der Waals surface area (Å²) in [5.74, 6) is -1.15. The van der Waals surface area contributed by atoms with Crippen LogP contribution in [0.4, 0.5) is 0 Å². The van der Waals surface area contributed by atoms with Gasteiger partial charge in [-0.25, -0.2) is 0 Å². The van der Waals surface area contributed by atoms with Crippen molar-refractivity contribution in [2.45, 2.75) is 31.7 Å². The maximum absolute atomic E-state index is 9.70. The molecule has 3 heteroatoms. The average molecular weight is 172 g/mol. The summed E-state index contributed by atoms with van der Waals surface area (Å²) < 4.78 is 10.2. The molecule has 0 aliphatic carbocycles. The number of ether oxygens (including phenoxy) is 2. The highest BCUT2D eigenvalue weighted by Crippen LogP contribution is 2.19. The Morgan fingerprint density at radius 2 is 2.50 bits per heavy atom. The highest BCUT2D eigenvalue weighted by atomic mass is 16.7. The normalized spacial score (nSPS) is 26.3. The molecule has 1 fully saturated rings. The number of rotatable bonds is 6. The van der Waals surface area contributed by atoms with Gasteiger partial charge in [0.2, 0.25) is 0 Å². The van der Waals surface area contributed by atoms with Gasteiger partial charge in [-0.3, -0.25) is 0 Å². The third-order valence-electron chi connectivity index (χ3n) is 1.85. The van der Waals surface area contributed by atoms with E-state index in [1.165, 1.54) is 6.08 Å². The molecular weight excluding hydrogens is 156 g/mol. The van der Waals surface area contributed by atoms with Crippen molar-refractivity contribution < 1.29 is 14.6 Å². The molecule has 0 aromatic carbocycles. The summed E-state index contributed by atoms with van der Waals surface area (Å²) in [5.41, 5.74) is 0. The van der Waals surface area contributed by atoms with Crippen molar-refractivity contribution >= 4 is 0 Å². The zero-order valence-electron chi connectivity index (χ0n) is 7.45. The SMILES string of the molecule is C=CC(O)(CCC)OCC1CO1. The molecule has 1 aliphatic heterocycles. The van der Waals surface area contributed by atoms with Gasteiger partial charge in [0.25, 0.3) is 0 Å². The zero-order valence-corrected chi connectivity index (χ0v) is 7.45. The molecule has 0 aromatic rings. The lowest BCUT2D eigenvalue weighted by Crippen LogP contribution is -2.30. The molecule has 70 valence electrons. The van der Waals surface area contributed by atoms with Crippen LogP contribution in [0.5, 0.6) is 0 Å². The number of epoxide rings is 1. The van der Waals surface area contributed by atoms with Gasteiger partial charge in [-0.05, 0) is 6.08 Å². The van der Waals surface area contributed by atoms with Crippen molar-refractivity contribution in [1.82, 2.24) is 0 Å². The van der Waals surface area contributed by atoms with Crippen LogP contribution in [-0.4, -0.2) is 30.2 Å². The van der Waals surface area contributed by atoms with Gasteiger partial charge in [0.15, 0.2) is 5.79 Å². The molecule has 12 heavy (non-hydrogen) atoms. The van der Waals surface area contributed by atoms with E-state index < -0.39 is 5.79 Å². The maximum Gasteiger partial charge on any atom is 0.185 e. The van der Waals surface area contributed by atoms with E-state index in [0.29, 0.717) is 13.0 Å². The van der Waals surface area contributed by atoms with Crippen molar-refractivity contribution in [3.05, 3.63) is 12.7 Å². The number of aliphatic hydroxyl groups is 1. The summed E-state index contributed by atoms with van der Waals surface area (Å²) in [6.45, 7) is 6.74. The van der Waals surface area contributed by atoms with Gasteiger partial charge in [0.05, 0.1) is 13.2 Å². The first-order valence-electron chi connectivity index (χ1n) is 4.31. The molecule has 1 heterocycles. The van der Waals surface area contributed by atoms with E-state index in [-0.39, 0.29) is 6.10 Å². The van der Waals surface area contributed by atoms with Gasteiger partial charge in [0, 0.05) is 6.42 Å². The predicted octanol–water partition coefficient (Wildman–Crippen LogP) is 1.08. The molecular formula is C9H16O3. The van der Waals surface area contributed by atoms with Crippen molar-refractivity contribution in [3.63, 3.8) is 0 Å². The lowest BCUT2D eigenvalue weighted by atomic mass is 10.1. The van der Waals surface area contributed by atoms with E-state index in [2.05, 4.69) is 6.58 Å². The molecule has 0 saturated carbocycles. The van der Waals surface area contributed by atoms with E-state index in [1.807, 2.05) is 6.92 Å². The Balaban J connectivity index is 2.25. The molecule has 0 aromatic heterocycles. The van der Waals surface area contributed by atoms with Crippen LogP contribution in [0.3, 0.4) is 0 Å². The molecule has 1 aliphatic rings. The van der Waals surface area contributed by atoms with Gasteiger partial charge < -0.3 is 14.6 Å². The second kappa shape index (κ2) is 4.03. The second-order valence-corrected chi connectivity index (χ2v) is 3.07. The fourth-order valence-electron chi connectivity index (χ4n) is 0.993. The molecule has 1 saturated heterocycles. The molecule has 2 atom stereocenters. The fourth-order valence-corrected chi connectivity index (χ4v) is 0.993. The first kappa shape index (κ1) is 9.71. The highest BCUT2D eigenvalue weighted by Gasteiger charge is 2.29. The van der Waals surface area contributed by atoms with E-state index in [1.54, 1.807) is 0 Å². The van der Waals surface area contributed by atoms with Crippen LogP contribution in [-0.2, 0) is 9.47 Å². The zero-order chi connectivity index (χ0) is 9.03. The van der Waals surface area contributed by atoms with Gasteiger partial charge in [-0.2, -0.15) is 0 Å². The van der Waals surface area contributed by atoms with Gasteiger partial charge in [-0.15, -0.1) is 0 Å². The van der Waals surface area contributed by atoms with Gasteiger partial charge >= 0.3 is 0 Å². The van der Waals surface area contributed by atoms with Crippen LogP contribution in [0, 0.1) is 0 Å². The molecule has 0 amide bonds. The minimum absolute atomic E-state index is 0.188. The van der Waals surface area contributed by atoms with Gasteiger partial charge in [-0.1, -0.05) is 19.9 Å². The lowest BCUT2D eigenvalue weighted by molar-refractivity contribution is -0.173. The monoisotopic (exact) mass is 172 g/mol.